The molecule has 3 atom stereocenters. The molecule has 53 heavy (non-hydrogen) atoms. The number of carbonyl (C=O) groups excluding carboxylic acids is 4. The average Bonchev–Trinajstić information content (AvgIpc) is 3.64. The van der Waals surface area contributed by atoms with Crippen molar-refractivity contribution in [3.05, 3.63) is 85.1 Å². The van der Waals surface area contributed by atoms with Crippen LogP contribution in [0.25, 0.3) is 10.8 Å². The minimum Gasteiger partial charge on any atom is -0.484 e. The van der Waals surface area contributed by atoms with Crippen molar-refractivity contribution in [2.24, 2.45) is 10.8 Å². The topological polar surface area (TPSA) is 216 Å². The number of thioether (sulfide) groups is 1. The molecule has 2 amide bonds. The summed E-state index contributed by atoms with van der Waals surface area (Å²) in [5.74, 6) is -1.65. The Kier molecular flexibility index (Phi) is 15.2. The second-order valence-corrected chi connectivity index (χ2v) is 15.1. The number of nitrogens with zero attached hydrogens (tertiary/aromatic N) is 3. The Hall–Kier alpha value is -5.17. The monoisotopic (exact) mass is 778 g/mol. The van der Waals surface area contributed by atoms with E-state index in [4.69, 9.17) is 14.2 Å². The highest BCUT2D eigenvalue weighted by molar-refractivity contribution is 8.13. The van der Waals surface area contributed by atoms with E-state index in [9.17, 15) is 39.4 Å². The molecule has 288 valence electrons. The molecule has 0 aliphatic rings. The number of carbonyl (C=O) groups is 4. The molecule has 1 N–H and O–H groups in total. The minimum atomic E-state index is -1.52. The van der Waals surface area contributed by atoms with Gasteiger partial charge in [-0.3, -0.25) is 9.59 Å². The van der Waals surface area contributed by atoms with E-state index < -0.39 is 81.5 Å². The molecule has 0 saturated carbocycles. The van der Waals surface area contributed by atoms with Crippen molar-refractivity contribution in [1.29, 1.82) is 0 Å². The standard InChI is InChI=1S/C34H42N4O13S2/c1-22(49-29(39)25(35-30(40)33(2,3)20-47-37(43)44)19-53-31(41)34(4,5)21-48-38(45)46)50-32(42)36(6)17-16-27(28-15-10-18-52-28)51-26-14-9-12-23-11-7-8-13-24(23)26/h7-15,18,22,25,27H,16-17,19-21H2,1-6H3,(H,35,40)/t22?,25?,27-/m0/s1. The van der Waals surface area contributed by atoms with E-state index in [1.807, 2.05) is 60.0 Å². The summed E-state index contributed by atoms with van der Waals surface area (Å²) in [6.45, 7) is 5.72. The van der Waals surface area contributed by atoms with Gasteiger partial charge in [-0.15, -0.1) is 31.6 Å². The SMILES string of the molecule is CC(OC(=O)C(CSC(=O)C(C)(C)CO[N+](=O)[O-])NC(=O)C(C)(C)CO[N+](=O)[O-])OC(=O)N(C)CC[C@H](Oc1cccc2ccccc12)c1cccs1. The fourth-order valence-corrected chi connectivity index (χ4v) is 6.29. The second-order valence-electron chi connectivity index (χ2n) is 13.1. The van der Waals surface area contributed by atoms with Gasteiger partial charge in [-0.25, -0.2) is 9.59 Å². The third kappa shape index (κ3) is 13.1. The van der Waals surface area contributed by atoms with Gasteiger partial charge in [-0.2, -0.15) is 0 Å². The van der Waals surface area contributed by atoms with Crippen LogP contribution in [-0.2, 0) is 33.5 Å². The van der Waals surface area contributed by atoms with Crippen molar-refractivity contribution in [2.75, 3.05) is 32.6 Å². The molecule has 0 aliphatic heterocycles. The number of amides is 2. The predicted molar refractivity (Wildman–Crippen MR) is 194 cm³/mol. The van der Waals surface area contributed by atoms with E-state index in [1.165, 1.54) is 57.9 Å². The molecule has 1 aromatic heterocycles. The molecule has 0 fully saturated rings. The van der Waals surface area contributed by atoms with Gasteiger partial charge in [-0.05, 0) is 36.7 Å². The van der Waals surface area contributed by atoms with Crippen molar-refractivity contribution >= 4 is 57.0 Å². The Labute approximate surface area is 313 Å². The molecule has 0 aliphatic carbocycles. The van der Waals surface area contributed by atoms with Gasteiger partial charge in [0.05, 0.1) is 10.8 Å². The van der Waals surface area contributed by atoms with Gasteiger partial charge in [0.2, 0.25) is 12.2 Å². The number of hydrogen-bond acceptors (Lipinski definition) is 15. The Morgan fingerprint density at radius 3 is 2.19 bits per heavy atom. The van der Waals surface area contributed by atoms with Crippen molar-refractivity contribution in [3.63, 3.8) is 0 Å². The summed E-state index contributed by atoms with van der Waals surface area (Å²) in [5.41, 5.74) is -2.86. The minimum absolute atomic E-state index is 0.196. The lowest BCUT2D eigenvalue weighted by molar-refractivity contribution is -0.760. The molecular formula is C34H42N4O13S2. The first kappa shape index (κ1) is 42.2. The van der Waals surface area contributed by atoms with E-state index in [2.05, 4.69) is 15.0 Å². The van der Waals surface area contributed by atoms with Crippen LogP contribution in [0.5, 0.6) is 5.75 Å². The molecule has 2 unspecified atom stereocenters. The number of benzene rings is 2. The molecular weight excluding hydrogens is 737 g/mol. The highest BCUT2D eigenvalue weighted by atomic mass is 32.2. The van der Waals surface area contributed by atoms with Gasteiger partial charge in [0, 0.05) is 43.0 Å². The molecule has 2 aromatic carbocycles. The third-order valence-electron chi connectivity index (χ3n) is 7.67. The van der Waals surface area contributed by atoms with Crippen molar-refractivity contribution < 1.29 is 53.2 Å². The maximum absolute atomic E-state index is 13.3. The molecule has 3 rings (SSSR count). The summed E-state index contributed by atoms with van der Waals surface area (Å²) in [4.78, 5) is 84.5. The molecule has 0 bridgehead atoms. The summed E-state index contributed by atoms with van der Waals surface area (Å²) in [6.07, 6.45) is -2.28. The maximum atomic E-state index is 13.3. The first-order valence-corrected chi connectivity index (χ1v) is 18.1. The summed E-state index contributed by atoms with van der Waals surface area (Å²) >= 11 is 2.09. The fraction of sp³-hybridized carbons (Fsp3) is 0.471. The summed E-state index contributed by atoms with van der Waals surface area (Å²) in [7, 11) is 1.50. The molecule has 0 spiro atoms. The summed E-state index contributed by atoms with van der Waals surface area (Å²) in [6, 6.07) is 15.9. The molecule has 3 aromatic rings. The average molecular weight is 779 g/mol. The van der Waals surface area contributed by atoms with Crippen LogP contribution in [0.15, 0.2) is 60.0 Å². The Morgan fingerprint density at radius 2 is 1.55 bits per heavy atom. The largest absolute Gasteiger partial charge is 0.484 e. The lowest BCUT2D eigenvalue weighted by Crippen LogP contribution is -2.51. The number of thiophene rings is 1. The zero-order valence-corrected chi connectivity index (χ0v) is 31.6. The highest BCUT2D eigenvalue weighted by Crippen LogP contribution is 2.33. The smallest absolute Gasteiger partial charge is 0.412 e. The van der Waals surface area contributed by atoms with Gasteiger partial charge >= 0.3 is 12.1 Å². The van der Waals surface area contributed by atoms with E-state index in [1.54, 1.807) is 0 Å². The molecule has 0 saturated heterocycles. The van der Waals surface area contributed by atoms with E-state index in [-0.39, 0.29) is 6.54 Å². The fourth-order valence-electron chi connectivity index (χ4n) is 4.52. The van der Waals surface area contributed by atoms with Crippen LogP contribution < -0.4 is 10.1 Å². The van der Waals surface area contributed by atoms with Crippen LogP contribution in [0, 0.1) is 31.1 Å². The predicted octanol–water partition coefficient (Wildman–Crippen LogP) is 5.58. The number of nitrogens with one attached hydrogen (secondary N) is 1. The summed E-state index contributed by atoms with van der Waals surface area (Å²) < 4.78 is 17.1. The lowest BCUT2D eigenvalue weighted by atomic mass is 9.93. The first-order valence-electron chi connectivity index (χ1n) is 16.2. The van der Waals surface area contributed by atoms with Crippen LogP contribution >= 0.6 is 23.1 Å². The normalized spacial score (nSPS) is 13.2. The Bertz CT molecular complexity index is 1750. The second kappa shape index (κ2) is 19.1. The number of rotatable bonds is 20. The van der Waals surface area contributed by atoms with Crippen molar-refractivity contribution in [2.45, 2.75) is 59.5 Å². The number of fused-ring (bicyclic) bond motifs is 1. The first-order chi connectivity index (χ1) is 24.9. The van der Waals surface area contributed by atoms with Crippen LogP contribution in [-0.4, -0.2) is 83.0 Å². The van der Waals surface area contributed by atoms with Gasteiger partial charge in [-0.1, -0.05) is 68.1 Å². The van der Waals surface area contributed by atoms with Crippen LogP contribution in [0.1, 0.15) is 52.0 Å². The van der Waals surface area contributed by atoms with E-state index in [0.29, 0.717) is 23.9 Å². The van der Waals surface area contributed by atoms with E-state index in [0.717, 1.165) is 15.6 Å². The number of esters is 1. The van der Waals surface area contributed by atoms with Crippen LogP contribution in [0.3, 0.4) is 0 Å². The Morgan fingerprint density at radius 1 is 0.906 bits per heavy atom. The molecule has 19 heteroatoms. The van der Waals surface area contributed by atoms with Gasteiger partial charge in [0.25, 0.3) is 10.2 Å². The maximum Gasteiger partial charge on any atom is 0.412 e. The van der Waals surface area contributed by atoms with Crippen LogP contribution in [0.4, 0.5) is 4.79 Å². The van der Waals surface area contributed by atoms with Gasteiger partial charge < -0.3 is 34.1 Å². The van der Waals surface area contributed by atoms with E-state index >= 15 is 0 Å². The molecule has 17 nitrogen and oxygen atoms in total. The quantitative estimate of drug-likeness (QED) is 0.0641. The number of ether oxygens (including phenoxy) is 3. The lowest BCUT2D eigenvalue weighted by Gasteiger charge is -2.27. The zero-order chi connectivity index (χ0) is 39.3. The Balaban J connectivity index is 1.65. The highest BCUT2D eigenvalue weighted by Gasteiger charge is 2.36. The van der Waals surface area contributed by atoms with Crippen LogP contribution in [0.2, 0.25) is 0 Å². The molecule has 1 heterocycles. The molecule has 0 radical (unpaired) electrons. The van der Waals surface area contributed by atoms with Crippen molar-refractivity contribution in [1.82, 2.24) is 10.2 Å². The van der Waals surface area contributed by atoms with Crippen molar-refractivity contribution in [3.8, 4) is 5.75 Å². The number of hydrogen-bond donors (Lipinski definition) is 1. The third-order valence-corrected chi connectivity index (χ3v) is 9.95. The van der Waals surface area contributed by atoms with Gasteiger partial charge in [0.1, 0.15) is 31.1 Å². The van der Waals surface area contributed by atoms with Gasteiger partial charge in [0.15, 0.2) is 5.12 Å². The summed E-state index contributed by atoms with van der Waals surface area (Å²) in [5, 5.41) is 24.9. The zero-order valence-electron chi connectivity index (χ0n) is 30.0.